The molecule has 3 N–H and O–H groups in total. The van der Waals surface area contributed by atoms with Gasteiger partial charge >= 0.3 is 12.0 Å². The number of aromatic nitrogens is 4. The van der Waals surface area contributed by atoms with Gasteiger partial charge in [0, 0.05) is 0 Å². The van der Waals surface area contributed by atoms with E-state index >= 15 is 0 Å². The highest BCUT2D eigenvalue weighted by Crippen LogP contribution is 2.17. The van der Waals surface area contributed by atoms with Gasteiger partial charge in [-0.15, -0.1) is 0 Å². The standard InChI is InChI=1S/C14H18N6O7S/c1-4-27-12(21)8-6-15-19-9(8)7-28(23,24)20-14(22)18-13-16-10(25-2)5-11(17-13)26-3/h5-6H,4,7H2,1-3H3,(H,15,19)(H2,16,17,18,20,22). The molecule has 0 aliphatic rings. The molecule has 0 unspecified atom stereocenters. The summed E-state index contributed by atoms with van der Waals surface area (Å²) in [7, 11) is -1.49. The summed E-state index contributed by atoms with van der Waals surface area (Å²) in [5.41, 5.74) is -0.0773. The van der Waals surface area contributed by atoms with E-state index in [4.69, 9.17) is 14.2 Å². The molecule has 0 aliphatic carbocycles. The minimum Gasteiger partial charge on any atom is -0.481 e. The first-order valence-electron chi connectivity index (χ1n) is 7.75. The van der Waals surface area contributed by atoms with Gasteiger partial charge in [0.25, 0.3) is 0 Å². The van der Waals surface area contributed by atoms with E-state index in [1.54, 1.807) is 11.6 Å². The second-order valence-electron chi connectivity index (χ2n) is 5.07. The molecule has 0 radical (unpaired) electrons. The van der Waals surface area contributed by atoms with E-state index < -0.39 is 27.8 Å². The number of nitrogens with one attached hydrogen (secondary N) is 3. The number of rotatable bonds is 8. The Morgan fingerprint density at radius 3 is 2.39 bits per heavy atom. The van der Waals surface area contributed by atoms with Crippen LogP contribution in [-0.2, 0) is 20.5 Å². The fourth-order valence-corrected chi connectivity index (χ4v) is 2.98. The van der Waals surface area contributed by atoms with Crippen molar-refractivity contribution in [1.29, 1.82) is 0 Å². The molecule has 2 rings (SSSR count). The molecule has 0 fully saturated rings. The minimum atomic E-state index is -4.19. The van der Waals surface area contributed by atoms with Gasteiger partial charge in [0.1, 0.15) is 11.3 Å². The van der Waals surface area contributed by atoms with Gasteiger partial charge in [-0.05, 0) is 6.92 Å². The number of sulfonamides is 1. The van der Waals surface area contributed by atoms with Crippen LogP contribution in [0.15, 0.2) is 12.3 Å². The lowest BCUT2D eigenvalue weighted by atomic mass is 10.3. The van der Waals surface area contributed by atoms with Gasteiger partial charge in [0.05, 0.1) is 38.8 Å². The molecule has 0 atom stereocenters. The van der Waals surface area contributed by atoms with Crippen LogP contribution in [-0.4, -0.2) is 61.4 Å². The Labute approximate surface area is 159 Å². The molecule has 2 amide bonds. The van der Waals surface area contributed by atoms with Crippen molar-refractivity contribution in [3.05, 3.63) is 23.5 Å². The van der Waals surface area contributed by atoms with Crippen LogP contribution in [0.3, 0.4) is 0 Å². The van der Waals surface area contributed by atoms with Crippen LogP contribution in [0.4, 0.5) is 10.7 Å². The maximum atomic E-state index is 12.2. The van der Waals surface area contributed by atoms with Crippen LogP contribution in [0, 0.1) is 0 Å². The minimum absolute atomic E-state index is 0.0296. The Morgan fingerprint density at radius 2 is 1.82 bits per heavy atom. The molecular formula is C14H18N6O7S. The lowest BCUT2D eigenvalue weighted by Gasteiger charge is -2.09. The maximum absolute atomic E-state index is 12.2. The van der Waals surface area contributed by atoms with Gasteiger partial charge in [0.2, 0.25) is 27.7 Å². The third-order valence-corrected chi connectivity index (χ3v) is 4.28. The van der Waals surface area contributed by atoms with E-state index in [2.05, 4.69) is 25.5 Å². The van der Waals surface area contributed by atoms with E-state index in [9.17, 15) is 18.0 Å². The zero-order chi connectivity index (χ0) is 20.7. The summed E-state index contributed by atoms with van der Waals surface area (Å²) in [4.78, 5) is 31.5. The summed E-state index contributed by atoms with van der Waals surface area (Å²) in [6.45, 7) is 1.72. The van der Waals surface area contributed by atoms with Crippen LogP contribution in [0.25, 0.3) is 0 Å². The van der Waals surface area contributed by atoms with Crippen molar-refractivity contribution in [3.8, 4) is 11.8 Å². The zero-order valence-corrected chi connectivity index (χ0v) is 16.0. The number of aromatic amines is 1. The monoisotopic (exact) mass is 414 g/mol. The number of amides is 2. The molecule has 0 saturated carbocycles. The van der Waals surface area contributed by atoms with E-state index in [0.717, 1.165) is 6.20 Å². The number of H-pyrrole nitrogens is 1. The van der Waals surface area contributed by atoms with Crippen molar-refractivity contribution in [3.63, 3.8) is 0 Å². The van der Waals surface area contributed by atoms with Gasteiger partial charge < -0.3 is 14.2 Å². The Morgan fingerprint density at radius 1 is 1.18 bits per heavy atom. The Balaban J connectivity index is 2.08. The summed E-state index contributed by atoms with van der Waals surface area (Å²) >= 11 is 0. The number of ether oxygens (including phenoxy) is 3. The number of methoxy groups -OCH3 is 2. The molecule has 0 aromatic carbocycles. The first kappa shape index (κ1) is 20.9. The van der Waals surface area contributed by atoms with E-state index in [-0.39, 0.29) is 35.6 Å². The number of hydrogen-bond donors (Lipinski definition) is 3. The van der Waals surface area contributed by atoms with Crippen LogP contribution in [0.5, 0.6) is 11.8 Å². The van der Waals surface area contributed by atoms with Crippen molar-refractivity contribution in [2.45, 2.75) is 12.7 Å². The highest BCUT2D eigenvalue weighted by molar-refractivity contribution is 7.89. The first-order chi connectivity index (χ1) is 13.3. The van der Waals surface area contributed by atoms with Crippen molar-refractivity contribution in [2.75, 3.05) is 26.1 Å². The number of urea groups is 1. The van der Waals surface area contributed by atoms with Crippen LogP contribution >= 0.6 is 0 Å². The number of hydrogen-bond acceptors (Lipinski definition) is 10. The molecular weight excluding hydrogens is 396 g/mol. The zero-order valence-electron chi connectivity index (χ0n) is 15.2. The lowest BCUT2D eigenvalue weighted by Crippen LogP contribution is -2.36. The summed E-state index contributed by atoms with van der Waals surface area (Å²) in [6.07, 6.45) is 1.14. The molecule has 2 aromatic heterocycles. The highest BCUT2D eigenvalue weighted by atomic mass is 32.2. The number of esters is 1. The van der Waals surface area contributed by atoms with Gasteiger partial charge in [-0.1, -0.05) is 0 Å². The first-order valence-corrected chi connectivity index (χ1v) is 9.41. The molecule has 0 spiro atoms. The van der Waals surface area contributed by atoms with Gasteiger partial charge in [-0.2, -0.15) is 15.1 Å². The second kappa shape index (κ2) is 8.98. The quantitative estimate of drug-likeness (QED) is 0.500. The number of nitrogens with zero attached hydrogens (tertiary/aromatic N) is 3. The van der Waals surface area contributed by atoms with E-state index in [1.165, 1.54) is 20.3 Å². The molecule has 0 aliphatic heterocycles. The SMILES string of the molecule is CCOC(=O)c1cn[nH]c1CS(=O)(=O)NC(=O)Nc1nc(OC)cc(OC)n1. The van der Waals surface area contributed by atoms with Gasteiger partial charge in [-0.3, -0.25) is 10.4 Å². The third-order valence-electron chi connectivity index (χ3n) is 3.12. The molecule has 13 nitrogen and oxygen atoms in total. The molecule has 152 valence electrons. The number of carbonyl (C=O) groups is 2. The summed E-state index contributed by atoms with van der Waals surface area (Å²) in [6, 6.07) is 0.252. The van der Waals surface area contributed by atoms with E-state index in [0.29, 0.717) is 0 Å². The van der Waals surface area contributed by atoms with E-state index in [1.807, 2.05) is 0 Å². The highest BCUT2D eigenvalue weighted by Gasteiger charge is 2.23. The van der Waals surface area contributed by atoms with Gasteiger partial charge in [0.15, 0.2) is 0 Å². The molecule has 0 bridgehead atoms. The molecule has 2 aromatic rings. The topological polar surface area (TPSA) is 174 Å². The van der Waals surface area contributed by atoms with Crippen molar-refractivity contribution >= 4 is 28.0 Å². The summed E-state index contributed by atoms with van der Waals surface area (Å²) in [5, 5.41) is 8.18. The van der Waals surface area contributed by atoms with Crippen LogP contribution in [0.2, 0.25) is 0 Å². The number of carbonyl (C=O) groups excluding carboxylic acids is 2. The molecule has 2 heterocycles. The largest absolute Gasteiger partial charge is 0.481 e. The van der Waals surface area contributed by atoms with Crippen molar-refractivity contribution < 1.29 is 32.2 Å². The van der Waals surface area contributed by atoms with Crippen molar-refractivity contribution in [2.24, 2.45) is 0 Å². The Hall–Kier alpha value is -3.42. The number of anilines is 1. The predicted octanol–water partition coefficient (Wildman–Crippen LogP) is 0.0451. The van der Waals surface area contributed by atoms with Gasteiger partial charge in [-0.25, -0.2) is 22.7 Å². The Bertz CT molecular complexity index is 937. The van der Waals surface area contributed by atoms with Crippen molar-refractivity contribution in [1.82, 2.24) is 24.9 Å². The third kappa shape index (κ3) is 5.54. The Kier molecular flexibility index (Phi) is 6.70. The predicted molar refractivity (Wildman–Crippen MR) is 94.5 cm³/mol. The second-order valence-corrected chi connectivity index (χ2v) is 6.80. The summed E-state index contributed by atoms with van der Waals surface area (Å²) < 4.78 is 40.9. The fourth-order valence-electron chi connectivity index (χ4n) is 1.97. The normalized spacial score (nSPS) is 10.8. The maximum Gasteiger partial charge on any atom is 0.341 e. The molecule has 14 heteroatoms. The smallest absolute Gasteiger partial charge is 0.341 e. The fraction of sp³-hybridized carbons (Fsp3) is 0.357. The van der Waals surface area contributed by atoms with Crippen LogP contribution in [0.1, 0.15) is 23.0 Å². The molecule has 0 saturated heterocycles. The van der Waals surface area contributed by atoms with Crippen LogP contribution < -0.4 is 19.5 Å². The molecule has 28 heavy (non-hydrogen) atoms. The average molecular weight is 414 g/mol. The average Bonchev–Trinajstić information content (AvgIpc) is 3.08. The summed E-state index contributed by atoms with van der Waals surface area (Å²) in [5.74, 6) is -1.49. The lowest BCUT2D eigenvalue weighted by molar-refractivity contribution is 0.0525.